The van der Waals surface area contributed by atoms with E-state index < -0.39 is 4.92 Å². The Bertz CT molecular complexity index is 892. The molecular formula is C20H24N4O4. The Morgan fingerprint density at radius 2 is 1.89 bits per heavy atom. The lowest BCUT2D eigenvalue weighted by Crippen LogP contribution is -2.37. The summed E-state index contributed by atoms with van der Waals surface area (Å²) >= 11 is 0. The van der Waals surface area contributed by atoms with Gasteiger partial charge in [-0.05, 0) is 36.8 Å². The first-order chi connectivity index (χ1) is 13.4. The molecule has 8 nitrogen and oxygen atoms in total. The molecule has 0 spiro atoms. The summed E-state index contributed by atoms with van der Waals surface area (Å²) in [6.45, 7) is 4.35. The Balaban J connectivity index is 1.91. The summed E-state index contributed by atoms with van der Waals surface area (Å²) in [6, 6.07) is 10.0. The van der Waals surface area contributed by atoms with Crippen LogP contribution in [-0.2, 0) is 4.74 Å². The summed E-state index contributed by atoms with van der Waals surface area (Å²) in [4.78, 5) is 27.7. The van der Waals surface area contributed by atoms with Crippen molar-refractivity contribution in [3.63, 3.8) is 0 Å². The van der Waals surface area contributed by atoms with Gasteiger partial charge in [0, 0.05) is 50.7 Å². The molecule has 1 aliphatic heterocycles. The van der Waals surface area contributed by atoms with Crippen LogP contribution in [0, 0.1) is 17.0 Å². The zero-order valence-corrected chi connectivity index (χ0v) is 16.3. The summed E-state index contributed by atoms with van der Waals surface area (Å²) in [7, 11) is 3.91. The summed E-state index contributed by atoms with van der Waals surface area (Å²) in [5.74, 6) is -0.373. The number of nitrogens with one attached hydrogen (secondary N) is 1. The SMILES string of the molecule is Cc1cc(NC(=O)c2cc([N+](=O)[O-])ccc2N2CCOCC2)ccc1N(C)C. The first-order valence-corrected chi connectivity index (χ1v) is 9.07. The number of ether oxygens (including phenoxy) is 1. The van der Waals surface area contributed by atoms with Gasteiger partial charge in [-0.25, -0.2) is 0 Å². The van der Waals surface area contributed by atoms with Gasteiger partial charge in [0.1, 0.15) is 0 Å². The van der Waals surface area contributed by atoms with Crippen LogP contribution in [0.1, 0.15) is 15.9 Å². The highest BCUT2D eigenvalue weighted by Gasteiger charge is 2.22. The monoisotopic (exact) mass is 384 g/mol. The number of amides is 1. The minimum absolute atomic E-state index is 0.110. The number of rotatable bonds is 5. The number of morpholine rings is 1. The highest BCUT2D eigenvalue weighted by Crippen LogP contribution is 2.28. The van der Waals surface area contributed by atoms with Gasteiger partial charge in [0.25, 0.3) is 11.6 Å². The number of anilines is 3. The fourth-order valence-electron chi connectivity index (χ4n) is 3.33. The van der Waals surface area contributed by atoms with Crippen molar-refractivity contribution in [2.24, 2.45) is 0 Å². The fourth-order valence-corrected chi connectivity index (χ4v) is 3.33. The van der Waals surface area contributed by atoms with Gasteiger partial charge in [-0.15, -0.1) is 0 Å². The molecular weight excluding hydrogens is 360 g/mol. The highest BCUT2D eigenvalue weighted by atomic mass is 16.6. The molecule has 1 saturated heterocycles. The van der Waals surface area contributed by atoms with Crippen molar-refractivity contribution < 1.29 is 14.5 Å². The highest BCUT2D eigenvalue weighted by molar-refractivity contribution is 6.08. The van der Waals surface area contributed by atoms with Gasteiger partial charge in [-0.1, -0.05) is 0 Å². The molecule has 8 heteroatoms. The number of nitrogens with zero attached hydrogens (tertiary/aromatic N) is 3. The number of hydrogen-bond acceptors (Lipinski definition) is 6. The lowest BCUT2D eigenvalue weighted by molar-refractivity contribution is -0.384. The molecule has 1 heterocycles. The maximum atomic E-state index is 13.0. The van der Waals surface area contributed by atoms with Crippen molar-refractivity contribution in [2.45, 2.75) is 6.92 Å². The van der Waals surface area contributed by atoms with Crippen LogP contribution < -0.4 is 15.1 Å². The van der Waals surface area contributed by atoms with Crippen molar-refractivity contribution in [1.29, 1.82) is 0 Å². The van der Waals surface area contributed by atoms with Crippen LogP contribution in [0.5, 0.6) is 0 Å². The molecule has 28 heavy (non-hydrogen) atoms. The average Bonchev–Trinajstić information content (AvgIpc) is 2.68. The fraction of sp³-hybridized carbons (Fsp3) is 0.350. The van der Waals surface area contributed by atoms with E-state index in [1.807, 2.05) is 49.0 Å². The number of non-ortho nitro benzene ring substituents is 1. The van der Waals surface area contributed by atoms with Crippen molar-refractivity contribution in [3.8, 4) is 0 Å². The van der Waals surface area contributed by atoms with E-state index in [4.69, 9.17) is 4.74 Å². The molecule has 2 aromatic rings. The van der Waals surface area contributed by atoms with E-state index >= 15 is 0 Å². The van der Waals surface area contributed by atoms with Crippen molar-refractivity contribution in [2.75, 3.05) is 55.5 Å². The van der Waals surface area contributed by atoms with E-state index in [0.717, 1.165) is 11.3 Å². The minimum Gasteiger partial charge on any atom is -0.378 e. The zero-order valence-electron chi connectivity index (χ0n) is 16.3. The van der Waals surface area contributed by atoms with Crippen molar-refractivity contribution in [3.05, 3.63) is 57.6 Å². The Morgan fingerprint density at radius 3 is 2.50 bits per heavy atom. The summed E-state index contributed by atoms with van der Waals surface area (Å²) in [5.41, 5.74) is 3.57. The van der Waals surface area contributed by atoms with E-state index in [-0.39, 0.29) is 17.2 Å². The Kier molecular flexibility index (Phi) is 5.79. The minimum atomic E-state index is -0.490. The van der Waals surface area contributed by atoms with Gasteiger partial charge in [0.15, 0.2) is 0 Å². The van der Waals surface area contributed by atoms with Crippen LogP contribution in [0.3, 0.4) is 0 Å². The second-order valence-electron chi connectivity index (χ2n) is 6.91. The van der Waals surface area contributed by atoms with Crippen LogP contribution >= 0.6 is 0 Å². The molecule has 0 atom stereocenters. The third kappa shape index (κ3) is 4.23. The number of nitro benzene ring substituents is 1. The molecule has 1 aliphatic rings. The topological polar surface area (TPSA) is 87.9 Å². The molecule has 0 bridgehead atoms. The molecule has 2 aromatic carbocycles. The second kappa shape index (κ2) is 8.26. The lowest BCUT2D eigenvalue weighted by atomic mass is 10.1. The number of nitro groups is 1. The van der Waals surface area contributed by atoms with Gasteiger partial charge >= 0.3 is 0 Å². The third-order valence-electron chi connectivity index (χ3n) is 4.72. The molecule has 0 radical (unpaired) electrons. The number of hydrogen-bond donors (Lipinski definition) is 1. The van der Waals surface area contributed by atoms with Crippen LogP contribution in [-0.4, -0.2) is 51.2 Å². The number of carbonyl (C=O) groups is 1. The Morgan fingerprint density at radius 1 is 1.18 bits per heavy atom. The van der Waals surface area contributed by atoms with Crippen LogP contribution in [0.15, 0.2) is 36.4 Å². The van der Waals surface area contributed by atoms with E-state index in [9.17, 15) is 14.9 Å². The maximum absolute atomic E-state index is 13.0. The molecule has 148 valence electrons. The standard InChI is InChI=1S/C20H24N4O4/c1-14-12-15(4-6-18(14)22(2)3)21-20(25)17-13-16(24(26)27)5-7-19(17)23-8-10-28-11-9-23/h4-7,12-13H,8-11H2,1-3H3,(H,21,25). The number of carbonyl (C=O) groups excluding carboxylic acids is 1. The van der Waals surface area contributed by atoms with E-state index in [1.54, 1.807) is 6.07 Å². The maximum Gasteiger partial charge on any atom is 0.270 e. The van der Waals surface area contributed by atoms with E-state index in [1.165, 1.54) is 12.1 Å². The van der Waals surface area contributed by atoms with Crippen LogP contribution in [0.2, 0.25) is 0 Å². The summed E-state index contributed by atoms with van der Waals surface area (Å²) < 4.78 is 5.37. The van der Waals surface area contributed by atoms with Crippen molar-refractivity contribution in [1.82, 2.24) is 0 Å². The zero-order chi connectivity index (χ0) is 20.3. The summed E-state index contributed by atoms with van der Waals surface area (Å²) in [6.07, 6.45) is 0. The second-order valence-corrected chi connectivity index (χ2v) is 6.91. The predicted octanol–water partition coefficient (Wildman–Crippen LogP) is 3.06. The molecule has 3 rings (SSSR count). The summed E-state index contributed by atoms with van der Waals surface area (Å²) in [5, 5.41) is 14.1. The van der Waals surface area contributed by atoms with Gasteiger partial charge in [-0.2, -0.15) is 0 Å². The lowest BCUT2D eigenvalue weighted by Gasteiger charge is -2.30. The molecule has 0 saturated carbocycles. The Hall–Kier alpha value is -3.13. The predicted molar refractivity (Wildman–Crippen MR) is 110 cm³/mol. The van der Waals surface area contributed by atoms with Gasteiger partial charge in [-0.3, -0.25) is 14.9 Å². The molecule has 1 amide bonds. The smallest absolute Gasteiger partial charge is 0.270 e. The van der Waals surface area contributed by atoms with Crippen molar-refractivity contribution >= 4 is 28.7 Å². The normalized spacial score (nSPS) is 13.9. The number of benzene rings is 2. The average molecular weight is 384 g/mol. The number of aryl methyl sites for hydroxylation is 1. The Labute approximate surface area is 163 Å². The van der Waals surface area contributed by atoms with E-state index in [0.29, 0.717) is 37.7 Å². The molecule has 0 unspecified atom stereocenters. The van der Waals surface area contributed by atoms with Crippen LogP contribution in [0.4, 0.5) is 22.7 Å². The molecule has 0 aliphatic carbocycles. The molecule has 1 N–H and O–H groups in total. The van der Waals surface area contributed by atoms with Gasteiger partial charge in [0.05, 0.1) is 29.4 Å². The quantitative estimate of drug-likeness (QED) is 0.630. The van der Waals surface area contributed by atoms with Gasteiger partial charge < -0.3 is 19.9 Å². The van der Waals surface area contributed by atoms with Crippen LogP contribution in [0.25, 0.3) is 0 Å². The molecule has 0 aromatic heterocycles. The first kappa shape index (κ1) is 19.6. The largest absolute Gasteiger partial charge is 0.378 e. The third-order valence-corrected chi connectivity index (χ3v) is 4.72. The van der Waals surface area contributed by atoms with Gasteiger partial charge in [0.2, 0.25) is 0 Å². The molecule has 1 fully saturated rings. The first-order valence-electron chi connectivity index (χ1n) is 9.07. The van der Waals surface area contributed by atoms with E-state index in [2.05, 4.69) is 5.32 Å².